The number of fused-ring (bicyclic) bond motifs is 1. The van der Waals surface area contributed by atoms with Crippen molar-refractivity contribution < 1.29 is 17.9 Å². The first kappa shape index (κ1) is 20.1. The molecule has 2 aliphatic heterocycles. The standard InChI is InChI=1S/C20H30N2O4S/c1-15(2)13-22-14-17-7-9-21(10-8-19(17)27(22,24)25)20(23)12-16-5-4-6-18(11-16)26-3/h4-6,11,15,17,19H,7-10,12-14H2,1-3H3/t17-,19-/m1/s1. The van der Waals surface area contributed by atoms with Gasteiger partial charge in [-0.3, -0.25) is 4.79 Å². The molecule has 1 aromatic carbocycles. The van der Waals surface area contributed by atoms with Crippen LogP contribution in [0.25, 0.3) is 0 Å². The second-order valence-corrected chi connectivity index (χ2v) is 10.2. The minimum Gasteiger partial charge on any atom is -0.497 e. The molecule has 1 aromatic rings. The SMILES string of the molecule is COc1cccc(CC(=O)N2CC[C@@H]3CN(CC(C)C)S(=O)(=O)[C@@H]3CC2)c1. The van der Waals surface area contributed by atoms with E-state index in [9.17, 15) is 13.2 Å². The molecule has 0 bridgehead atoms. The summed E-state index contributed by atoms with van der Waals surface area (Å²) >= 11 is 0. The number of carbonyl (C=O) groups excluding carboxylic acids is 1. The van der Waals surface area contributed by atoms with Crippen LogP contribution in [-0.4, -0.2) is 62.1 Å². The zero-order valence-electron chi connectivity index (χ0n) is 16.4. The molecule has 1 amide bonds. The predicted molar refractivity (Wildman–Crippen MR) is 105 cm³/mol. The molecule has 2 aliphatic rings. The number of sulfonamides is 1. The molecule has 6 nitrogen and oxygen atoms in total. The van der Waals surface area contributed by atoms with Gasteiger partial charge in [0.1, 0.15) is 5.75 Å². The third kappa shape index (κ3) is 4.46. The maximum atomic E-state index is 12.9. The third-order valence-corrected chi connectivity index (χ3v) is 7.97. The highest BCUT2D eigenvalue weighted by atomic mass is 32.2. The number of nitrogens with zero attached hydrogens (tertiary/aromatic N) is 2. The van der Waals surface area contributed by atoms with E-state index in [0.29, 0.717) is 44.9 Å². The number of ether oxygens (including phenoxy) is 1. The van der Waals surface area contributed by atoms with E-state index in [1.54, 1.807) is 11.4 Å². The van der Waals surface area contributed by atoms with Crippen LogP contribution in [0.2, 0.25) is 0 Å². The Morgan fingerprint density at radius 3 is 2.70 bits per heavy atom. The fraction of sp³-hybridized carbons (Fsp3) is 0.650. The Hall–Kier alpha value is -1.60. The molecule has 0 saturated carbocycles. The third-order valence-electron chi connectivity index (χ3n) is 5.57. The summed E-state index contributed by atoms with van der Waals surface area (Å²) in [5, 5.41) is -0.342. The Kier molecular flexibility index (Phi) is 6.11. The number of methoxy groups -OCH3 is 1. The lowest BCUT2D eigenvalue weighted by molar-refractivity contribution is -0.130. The summed E-state index contributed by atoms with van der Waals surface area (Å²) in [5.74, 6) is 1.24. The van der Waals surface area contributed by atoms with E-state index in [-0.39, 0.29) is 17.1 Å². The first-order valence-electron chi connectivity index (χ1n) is 9.71. The molecule has 2 heterocycles. The highest BCUT2D eigenvalue weighted by Gasteiger charge is 2.47. The molecule has 3 rings (SSSR count). The van der Waals surface area contributed by atoms with E-state index in [0.717, 1.165) is 17.7 Å². The number of hydrogen-bond donors (Lipinski definition) is 0. The topological polar surface area (TPSA) is 66.9 Å². The number of carbonyl (C=O) groups is 1. The molecule has 0 N–H and O–H groups in total. The van der Waals surface area contributed by atoms with E-state index in [4.69, 9.17) is 4.74 Å². The Labute approximate surface area is 162 Å². The lowest BCUT2D eigenvalue weighted by atomic mass is 10.0. The quantitative estimate of drug-likeness (QED) is 0.767. The summed E-state index contributed by atoms with van der Waals surface area (Å²) in [7, 11) is -1.64. The van der Waals surface area contributed by atoms with Crippen LogP contribution in [0.4, 0.5) is 0 Å². The highest BCUT2D eigenvalue weighted by Crippen LogP contribution is 2.34. The fourth-order valence-corrected chi connectivity index (χ4v) is 6.60. The van der Waals surface area contributed by atoms with Gasteiger partial charge in [-0.15, -0.1) is 0 Å². The van der Waals surface area contributed by atoms with Gasteiger partial charge in [-0.05, 0) is 42.4 Å². The van der Waals surface area contributed by atoms with E-state index in [1.807, 2.05) is 43.0 Å². The molecule has 27 heavy (non-hydrogen) atoms. The van der Waals surface area contributed by atoms with Gasteiger partial charge in [-0.1, -0.05) is 26.0 Å². The number of amides is 1. The molecule has 0 aromatic heterocycles. The van der Waals surface area contributed by atoms with Gasteiger partial charge in [-0.25, -0.2) is 12.7 Å². The Morgan fingerprint density at radius 1 is 1.26 bits per heavy atom. The van der Waals surface area contributed by atoms with Crippen molar-refractivity contribution in [2.24, 2.45) is 11.8 Å². The maximum Gasteiger partial charge on any atom is 0.226 e. The number of rotatable bonds is 5. The van der Waals surface area contributed by atoms with Crippen molar-refractivity contribution in [2.45, 2.75) is 38.4 Å². The van der Waals surface area contributed by atoms with E-state index in [1.165, 1.54) is 0 Å². The average Bonchev–Trinajstić information content (AvgIpc) is 2.77. The normalized spacial score (nSPS) is 25.3. The van der Waals surface area contributed by atoms with Crippen molar-refractivity contribution in [3.63, 3.8) is 0 Å². The highest BCUT2D eigenvalue weighted by molar-refractivity contribution is 7.90. The van der Waals surface area contributed by atoms with Crippen LogP contribution < -0.4 is 4.74 Å². The average molecular weight is 395 g/mol. The number of likely N-dealkylation sites (tertiary alicyclic amines) is 1. The van der Waals surface area contributed by atoms with Gasteiger partial charge in [-0.2, -0.15) is 0 Å². The van der Waals surface area contributed by atoms with Crippen LogP contribution >= 0.6 is 0 Å². The summed E-state index contributed by atoms with van der Waals surface area (Å²) in [4.78, 5) is 14.6. The lowest BCUT2D eigenvalue weighted by Crippen LogP contribution is -2.36. The van der Waals surface area contributed by atoms with E-state index >= 15 is 0 Å². The molecule has 2 saturated heterocycles. The zero-order chi connectivity index (χ0) is 19.6. The second-order valence-electron chi connectivity index (χ2n) is 8.04. The molecule has 7 heteroatoms. The van der Waals surface area contributed by atoms with Gasteiger partial charge in [0.2, 0.25) is 15.9 Å². The van der Waals surface area contributed by atoms with Crippen molar-refractivity contribution in [2.75, 3.05) is 33.3 Å². The first-order chi connectivity index (χ1) is 12.8. The lowest BCUT2D eigenvalue weighted by Gasteiger charge is -2.23. The molecular formula is C20H30N2O4S. The van der Waals surface area contributed by atoms with Crippen LogP contribution in [0.15, 0.2) is 24.3 Å². The van der Waals surface area contributed by atoms with Gasteiger partial charge < -0.3 is 9.64 Å². The first-order valence-corrected chi connectivity index (χ1v) is 11.2. The zero-order valence-corrected chi connectivity index (χ0v) is 17.2. The smallest absolute Gasteiger partial charge is 0.226 e. The Morgan fingerprint density at radius 2 is 2.00 bits per heavy atom. The largest absolute Gasteiger partial charge is 0.497 e. The molecule has 2 atom stereocenters. The summed E-state index contributed by atoms with van der Waals surface area (Å²) in [6.07, 6.45) is 1.60. The van der Waals surface area contributed by atoms with Gasteiger partial charge in [0.15, 0.2) is 0 Å². The minimum absolute atomic E-state index is 0.0552. The van der Waals surface area contributed by atoms with E-state index in [2.05, 4.69) is 0 Å². The maximum absolute atomic E-state index is 12.9. The Balaban J connectivity index is 1.64. The summed E-state index contributed by atoms with van der Waals surface area (Å²) in [6, 6.07) is 7.53. The predicted octanol–water partition coefficient (Wildman–Crippen LogP) is 2.15. The second kappa shape index (κ2) is 8.19. The van der Waals surface area contributed by atoms with Gasteiger partial charge >= 0.3 is 0 Å². The van der Waals surface area contributed by atoms with Crippen LogP contribution in [-0.2, 0) is 21.2 Å². The summed E-state index contributed by atoms with van der Waals surface area (Å²) in [6.45, 7) is 6.43. The van der Waals surface area contributed by atoms with E-state index < -0.39 is 10.0 Å². The van der Waals surface area contributed by atoms with Gasteiger partial charge in [0, 0.05) is 26.2 Å². The van der Waals surface area contributed by atoms with Crippen LogP contribution in [0, 0.1) is 11.8 Å². The van der Waals surface area contributed by atoms with Crippen molar-refractivity contribution in [1.29, 1.82) is 0 Å². The molecular weight excluding hydrogens is 364 g/mol. The fourth-order valence-electron chi connectivity index (χ4n) is 4.20. The van der Waals surface area contributed by atoms with Crippen molar-refractivity contribution in [3.8, 4) is 5.75 Å². The van der Waals surface area contributed by atoms with Gasteiger partial charge in [0.25, 0.3) is 0 Å². The van der Waals surface area contributed by atoms with Crippen molar-refractivity contribution in [1.82, 2.24) is 9.21 Å². The van der Waals surface area contributed by atoms with Crippen molar-refractivity contribution >= 4 is 15.9 Å². The molecule has 0 unspecified atom stereocenters. The van der Waals surface area contributed by atoms with Crippen LogP contribution in [0.5, 0.6) is 5.75 Å². The van der Waals surface area contributed by atoms with Crippen LogP contribution in [0.3, 0.4) is 0 Å². The van der Waals surface area contributed by atoms with Crippen molar-refractivity contribution in [3.05, 3.63) is 29.8 Å². The molecule has 0 radical (unpaired) electrons. The molecule has 150 valence electrons. The Bertz CT molecular complexity index is 778. The van der Waals surface area contributed by atoms with Crippen LogP contribution in [0.1, 0.15) is 32.3 Å². The number of benzene rings is 1. The summed E-state index contributed by atoms with van der Waals surface area (Å²) < 4.78 is 32.6. The monoisotopic (exact) mass is 394 g/mol. The molecule has 2 fully saturated rings. The van der Waals surface area contributed by atoms with Gasteiger partial charge in [0.05, 0.1) is 18.8 Å². The molecule has 0 aliphatic carbocycles. The number of hydrogen-bond acceptors (Lipinski definition) is 4. The molecule has 0 spiro atoms. The summed E-state index contributed by atoms with van der Waals surface area (Å²) in [5.41, 5.74) is 0.916. The minimum atomic E-state index is -3.24.